The number of hydrogen-bond donors (Lipinski definition) is 2. The molecule has 92 valence electrons. The predicted molar refractivity (Wildman–Crippen MR) is 70.2 cm³/mol. The van der Waals surface area contributed by atoms with E-state index in [1.165, 1.54) is 0 Å². The number of anilines is 1. The number of halogens is 1. The predicted octanol–water partition coefficient (Wildman–Crippen LogP) is 3.17. The normalized spacial score (nSPS) is 12.1. The van der Waals surface area contributed by atoms with Crippen LogP contribution in [0.25, 0.3) is 0 Å². The Labute approximate surface area is 107 Å². The van der Waals surface area contributed by atoms with Gasteiger partial charge in [0.25, 0.3) is 0 Å². The van der Waals surface area contributed by atoms with Crippen molar-refractivity contribution in [1.29, 1.82) is 5.26 Å². The maximum atomic E-state index is 10.0. The molecule has 0 bridgehead atoms. The van der Waals surface area contributed by atoms with Crippen LogP contribution in [0.3, 0.4) is 0 Å². The molecule has 2 N–H and O–H groups in total. The number of nitrogens with zero attached hydrogens (tertiary/aromatic N) is 1. The first-order chi connectivity index (χ1) is 7.67. The van der Waals surface area contributed by atoms with E-state index in [1.54, 1.807) is 32.0 Å². The van der Waals surface area contributed by atoms with Crippen molar-refractivity contribution in [3.05, 3.63) is 28.8 Å². The fourth-order valence-electron chi connectivity index (χ4n) is 1.18. The minimum atomic E-state index is -0.899. The zero-order valence-electron chi connectivity index (χ0n) is 10.5. The van der Waals surface area contributed by atoms with Crippen molar-refractivity contribution in [2.24, 2.45) is 0 Å². The van der Waals surface area contributed by atoms with E-state index < -0.39 is 11.1 Å². The summed E-state index contributed by atoms with van der Waals surface area (Å²) in [6, 6.07) is 7.06. The number of benzene rings is 1. The molecular formula is C13H17ClN2O. The van der Waals surface area contributed by atoms with Crippen LogP contribution in [0.15, 0.2) is 18.2 Å². The zero-order valence-corrected chi connectivity index (χ0v) is 11.3. The summed E-state index contributed by atoms with van der Waals surface area (Å²) in [5.41, 5.74) is -0.214. The Kier molecular flexibility index (Phi) is 3.71. The third-order valence-corrected chi connectivity index (χ3v) is 3.39. The second-order valence-electron chi connectivity index (χ2n) is 5.12. The van der Waals surface area contributed by atoms with Crippen molar-refractivity contribution in [2.75, 3.05) is 5.32 Å². The second-order valence-corrected chi connectivity index (χ2v) is 5.52. The van der Waals surface area contributed by atoms with Crippen LogP contribution < -0.4 is 5.32 Å². The van der Waals surface area contributed by atoms with Gasteiger partial charge in [-0.15, -0.1) is 0 Å². The lowest BCUT2D eigenvalue weighted by atomic mass is 9.86. The molecule has 1 aromatic carbocycles. The Hall–Kier alpha value is -1.24. The van der Waals surface area contributed by atoms with Crippen LogP contribution in [0.4, 0.5) is 5.69 Å². The summed E-state index contributed by atoms with van der Waals surface area (Å²) in [6.07, 6.45) is 0. The van der Waals surface area contributed by atoms with Gasteiger partial charge in [-0.05, 0) is 45.9 Å². The molecular weight excluding hydrogens is 236 g/mol. The molecule has 0 heterocycles. The highest BCUT2D eigenvalue weighted by Gasteiger charge is 2.35. The SMILES string of the molecule is CC(C)(O)C(C)(C)Nc1ccc(C#N)cc1Cl. The number of rotatable bonds is 3. The maximum absolute atomic E-state index is 10.0. The van der Waals surface area contributed by atoms with Gasteiger partial charge in [0.2, 0.25) is 0 Å². The highest BCUT2D eigenvalue weighted by molar-refractivity contribution is 6.33. The molecule has 0 atom stereocenters. The van der Waals surface area contributed by atoms with Crippen LogP contribution in [-0.4, -0.2) is 16.2 Å². The van der Waals surface area contributed by atoms with Crippen LogP contribution in [-0.2, 0) is 0 Å². The molecule has 0 aromatic heterocycles. The van der Waals surface area contributed by atoms with Gasteiger partial charge in [0.1, 0.15) is 0 Å². The molecule has 0 aliphatic heterocycles. The highest BCUT2D eigenvalue weighted by Crippen LogP contribution is 2.30. The summed E-state index contributed by atoms with van der Waals surface area (Å²) in [7, 11) is 0. The van der Waals surface area contributed by atoms with Crippen molar-refractivity contribution in [3.8, 4) is 6.07 Å². The molecule has 0 fully saturated rings. The fourth-order valence-corrected chi connectivity index (χ4v) is 1.40. The minimum Gasteiger partial charge on any atom is -0.388 e. The monoisotopic (exact) mass is 252 g/mol. The summed E-state index contributed by atoms with van der Waals surface area (Å²) in [5.74, 6) is 0. The number of hydrogen-bond acceptors (Lipinski definition) is 3. The van der Waals surface area contributed by atoms with Gasteiger partial charge in [-0.1, -0.05) is 11.6 Å². The molecule has 0 radical (unpaired) electrons. The van der Waals surface area contributed by atoms with Gasteiger partial charge in [-0.2, -0.15) is 5.26 Å². The summed E-state index contributed by atoms with van der Waals surface area (Å²) in [5, 5.41) is 22.4. The fraction of sp³-hybridized carbons (Fsp3) is 0.462. The highest BCUT2D eigenvalue weighted by atomic mass is 35.5. The van der Waals surface area contributed by atoms with E-state index in [2.05, 4.69) is 5.32 Å². The summed E-state index contributed by atoms with van der Waals surface area (Å²) >= 11 is 6.07. The van der Waals surface area contributed by atoms with Crippen LogP contribution in [0.5, 0.6) is 0 Å². The molecule has 0 amide bonds. The number of nitriles is 1. The van der Waals surface area contributed by atoms with Gasteiger partial charge in [0.05, 0.1) is 33.5 Å². The lowest BCUT2D eigenvalue weighted by molar-refractivity contribution is 0.0240. The largest absolute Gasteiger partial charge is 0.388 e. The van der Waals surface area contributed by atoms with E-state index in [0.717, 1.165) is 0 Å². The lowest BCUT2D eigenvalue weighted by Gasteiger charge is -2.39. The standard InChI is InChI=1S/C13H17ClN2O/c1-12(2,13(3,4)17)16-11-6-5-9(8-15)7-10(11)14/h5-7,16-17H,1-4H3. The molecule has 1 rings (SSSR count). The van der Waals surface area contributed by atoms with Crippen molar-refractivity contribution in [3.63, 3.8) is 0 Å². The maximum Gasteiger partial charge on any atom is 0.0992 e. The zero-order chi connectivity index (χ0) is 13.3. The van der Waals surface area contributed by atoms with Crippen LogP contribution >= 0.6 is 11.6 Å². The van der Waals surface area contributed by atoms with Crippen molar-refractivity contribution in [2.45, 2.75) is 38.8 Å². The molecule has 4 heteroatoms. The number of nitrogens with one attached hydrogen (secondary N) is 1. The Bertz CT molecular complexity index is 455. The van der Waals surface area contributed by atoms with E-state index in [-0.39, 0.29) is 0 Å². The first-order valence-corrected chi connectivity index (χ1v) is 5.75. The third kappa shape index (κ3) is 3.12. The molecule has 0 aliphatic rings. The van der Waals surface area contributed by atoms with E-state index >= 15 is 0 Å². The van der Waals surface area contributed by atoms with Gasteiger partial charge in [-0.25, -0.2) is 0 Å². The van der Waals surface area contributed by atoms with E-state index in [9.17, 15) is 5.11 Å². The Morgan fingerprint density at radius 3 is 2.29 bits per heavy atom. The smallest absolute Gasteiger partial charge is 0.0992 e. The summed E-state index contributed by atoms with van der Waals surface area (Å²) in [4.78, 5) is 0. The molecule has 17 heavy (non-hydrogen) atoms. The molecule has 1 aromatic rings. The minimum absolute atomic E-state index is 0.473. The quantitative estimate of drug-likeness (QED) is 0.869. The number of aliphatic hydroxyl groups is 1. The average molecular weight is 253 g/mol. The van der Waals surface area contributed by atoms with E-state index in [0.29, 0.717) is 16.3 Å². The van der Waals surface area contributed by atoms with Gasteiger partial charge in [0, 0.05) is 0 Å². The molecule has 0 saturated heterocycles. The summed E-state index contributed by atoms with van der Waals surface area (Å²) < 4.78 is 0. The Morgan fingerprint density at radius 2 is 1.88 bits per heavy atom. The van der Waals surface area contributed by atoms with Gasteiger partial charge < -0.3 is 10.4 Å². The third-order valence-electron chi connectivity index (χ3n) is 3.07. The lowest BCUT2D eigenvalue weighted by Crippen LogP contribution is -2.51. The molecule has 3 nitrogen and oxygen atoms in total. The summed E-state index contributed by atoms with van der Waals surface area (Å²) in [6.45, 7) is 7.25. The van der Waals surface area contributed by atoms with Crippen LogP contribution in [0, 0.1) is 11.3 Å². The molecule has 0 aliphatic carbocycles. The molecule has 0 spiro atoms. The van der Waals surface area contributed by atoms with E-state index in [4.69, 9.17) is 16.9 Å². The molecule has 0 saturated carbocycles. The molecule has 0 unspecified atom stereocenters. The van der Waals surface area contributed by atoms with Gasteiger partial charge in [0.15, 0.2) is 0 Å². The first-order valence-electron chi connectivity index (χ1n) is 5.37. The van der Waals surface area contributed by atoms with Crippen molar-refractivity contribution >= 4 is 17.3 Å². The van der Waals surface area contributed by atoms with Gasteiger partial charge in [-0.3, -0.25) is 0 Å². The van der Waals surface area contributed by atoms with Gasteiger partial charge >= 0.3 is 0 Å². The first kappa shape index (κ1) is 13.8. The Balaban J connectivity index is 3.02. The average Bonchev–Trinajstić information content (AvgIpc) is 2.19. The van der Waals surface area contributed by atoms with Crippen molar-refractivity contribution < 1.29 is 5.11 Å². The van der Waals surface area contributed by atoms with Crippen LogP contribution in [0.2, 0.25) is 5.02 Å². The Morgan fingerprint density at radius 1 is 1.29 bits per heavy atom. The van der Waals surface area contributed by atoms with Crippen LogP contribution in [0.1, 0.15) is 33.3 Å². The topological polar surface area (TPSA) is 56.0 Å². The van der Waals surface area contributed by atoms with Crippen molar-refractivity contribution in [1.82, 2.24) is 0 Å². The van der Waals surface area contributed by atoms with E-state index in [1.807, 2.05) is 19.9 Å². The second kappa shape index (κ2) is 4.56.